The van der Waals surface area contributed by atoms with Crippen LogP contribution in [0.4, 0.5) is 18.9 Å². The molecule has 2 aromatic carbocycles. The Hall–Kier alpha value is -2.43. The van der Waals surface area contributed by atoms with E-state index in [4.69, 9.17) is 0 Å². The van der Waals surface area contributed by atoms with E-state index in [-0.39, 0.29) is 30.2 Å². The van der Waals surface area contributed by atoms with E-state index < -0.39 is 39.4 Å². The van der Waals surface area contributed by atoms with Crippen LogP contribution in [0.2, 0.25) is 0 Å². The van der Waals surface area contributed by atoms with Crippen LogP contribution >= 0.6 is 0 Å². The lowest BCUT2D eigenvalue weighted by Gasteiger charge is -2.27. The molecule has 0 aliphatic carbocycles. The number of rotatable bonds is 5. The third-order valence-electron chi connectivity index (χ3n) is 5.05. The maximum atomic E-state index is 13.8. The Kier molecular flexibility index (Phi) is 6.79. The molecule has 1 unspecified atom stereocenters. The second-order valence-electron chi connectivity index (χ2n) is 7.04. The van der Waals surface area contributed by atoms with Crippen molar-refractivity contribution in [2.75, 3.05) is 31.5 Å². The summed E-state index contributed by atoms with van der Waals surface area (Å²) >= 11 is 0. The van der Waals surface area contributed by atoms with Crippen LogP contribution in [0.5, 0.6) is 0 Å². The molecule has 0 bridgehead atoms. The SMILES string of the molecule is CC(C(=O)Nc1cc(F)ccc1F)N1CCCN(S(=O)(=O)c2ccc(F)cc2)CC1. The van der Waals surface area contributed by atoms with E-state index in [1.807, 2.05) is 0 Å². The largest absolute Gasteiger partial charge is 0.322 e. The van der Waals surface area contributed by atoms with Crippen molar-refractivity contribution in [3.8, 4) is 0 Å². The Morgan fingerprint density at radius 3 is 2.33 bits per heavy atom. The maximum absolute atomic E-state index is 13.8. The lowest BCUT2D eigenvalue weighted by Crippen LogP contribution is -2.44. The van der Waals surface area contributed by atoms with E-state index in [0.29, 0.717) is 13.0 Å². The third-order valence-corrected chi connectivity index (χ3v) is 6.97. The van der Waals surface area contributed by atoms with Gasteiger partial charge in [0.05, 0.1) is 16.6 Å². The second-order valence-corrected chi connectivity index (χ2v) is 8.97. The fourth-order valence-electron chi connectivity index (χ4n) is 3.29. The normalized spacial score (nSPS) is 17.3. The predicted molar refractivity (Wildman–Crippen MR) is 106 cm³/mol. The number of hydrogen-bond donors (Lipinski definition) is 1. The zero-order valence-corrected chi connectivity index (χ0v) is 17.1. The number of sulfonamides is 1. The van der Waals surface area contributed by atoms with Gasteiger partial charge in [0.1, 0.15) is 17.5 Å². The topological polar surface area (TPSA) is 69.7 Å². The van der Waals surface area contributed by atoms with Gasteiger partial charge in [-0.15, -0.1) is 0 Å². The minimum absolute atomic E-state index is 0.00437. The summed E-state index contributed by atoms with van der Waals surface area (Å²) in [6.45, 7) is 2.75. The van der Waals surface area contributed by atoms with Crippen LogP contribution in [0.1, 0.15) is 13.3 Å². The summed E-state index contributed by atoms with van der Waals surface area (Å²) in [5.41, 5.74) is -0.248. The number of benzene rings is 2. The van der Waals surface area contributed by atoms with Crippen molar-refractivity contribution in [2.45, 2.75) is 24.3 Å². The van der Waals surface area contributed by atoms with E-state index in [0.717, 1.165) is 30.3 Å². The molecule has 3 rings (SSSR count). The van der Waals surface area contributed by atoms with Crippen molar-refractivity contribution in [1.82, 2.24) is 9.21 Å². The van der Waals surface area contributed by atoms with Gasteiger partial charge in [-0.3, -0.25) is 9.69 Å². The van der Waals surface area contributed by atoms with Crippen LogP contribution in [-0.2, 0) is 14.8 Å². The number of anilines is 1. The first-order chi connectivity index (χ1) is 14.2. The molecular weight excluding hydrogens is 419 g/mol. The molecule has 6 nitrogen and oxygen atoms in total. The van der Waals surface area contributed by atoms with Crippen LogP contribution in [0.15, 0.2) is 47.4 Å². The summed E-state index contributed by atoms with van der Waals surface area (Å²) < 4.78 is 67.1. The summed E-state index contributed by atoms with van der Waals surface area (Å²) in [7, 11) is -3.78. The second kappa shape index (κ2) is 9.15. The number of carbonyl (C=O) groups excluding carboxylic acids is 1. The Bertz CT molecular complexity index is 1020. The van der Waals surface area contributed by atoms with E-state index >= 15 is 0 Å². The quantitative estimate of drug-likeness (QED) is 0.775. The minimum atomic E-state index is -3.78. The molecule has 0 spiro atoms. The van der Waals surface area contributed by atoms with Crippen molar-refractivity contribution in [3.63, 3.8) is 0 Å². The lowest BCUT2D eigenvalue weighted by atomic mass is 10.2. The van der Waals surface area contributed by atoms with Gasteiger partial charge in [0.25, 0.3) is 0 Å². The van der Waals surface area contributed by atoms with E-state index in [1.165, 1.54) is 16.4 Å². The fraction of sp³-hybridized carbons (Fsp3) is 0.350. The van der Waals surface area contributed by atoms with Crippen molar-refractivity contribution >= 4 is 21.6 Å². The molecule has 1 aliphatic heterocycles. The first-order valence-corrected chi connectivity index (χ1v) is 10.9. The number of nitrogens with one attached hydrogen (secondary N) is 1. The maximum Gasteiger partial charge on any atom is 0.243 e. The van der Waals surface area contributed by atoms with Crippen molar-refractivity contribution in [1.29, 1.82) is 0 Å². The predicted octanol–water partition coefficient (Wildman–Crippen LogP) is 2.83. The molecular formula is C20H22F3N3O3S. The van der Waals surface area contributed by atoms with Crippen molar-refractivity contribution in [2.24, 2.45) is 0 Å². The van der Waals surface area contributed by atoms with E-state index in [2.05, 4.69) is 5.32 Å². The highest BCUT2D eigenvalue weighted by Crippen LogP contribution is 2.20. The Morgan fingerprint density at radius 1 is 0.967 bits per heavy atom. The van der Waals surface area contributed by atoms with E-state index in [1.54, 1.807) is 11.8 Å². The average Bonchev–Trinajstić information content (AvgIpc) is 2.97. The van der Waals surface area contributed by atoms with Crippen molar-refractivity contribution < 1.29 is 26.4 Å². The molecule has 10 heteroatoms. The molecule has 0 saturated carbocycles. The highest BCUT2D eigenvalue weighted by Gasteiger charge is 2.30. The number of amides is 1. The molecule has 1 heterocycles. The molecule has 162 valence electrons. The van der Waals surface area contributed by atoms with Gasteiger partial charge in [0.15, 0.2) is 0 Å². The first kappa shape index (κ1) is 22.3. The van der Waals surface area contributed by atoms with Crippen LogP contribution in [-0.4, -0.2) is 55.8 Å². The van der Waals surface area contributed by atoms with Gasteiger partial charge in [-0.2, -0.15) is 4.31 Å². The molecule has 1 amide bonds. The third kappa shape index (κ3) is 5.00. The monoisotopic (exact) mass is 441 g/mol. The molecule has 2 aromatic rings. The van der Waals surface area contributed by atoms with E-state index in [9.17, 15) is 26.4 Å². The molecule has 1 atom stereocenters. The highest BCUT2D eigenvalue weighted by molar-refractivity contribution is 7.89. The molecule has 0 radical (unpaired) electrons. The van der Waals surface area contributed by atoms with Gasteiger partial charge in [-0.05, 0) is 49.7 Å². The van der Waals surface area contributed by atoms with Crippen LogP contribution < -0.4 is 5.32 Å². The Labute approximate surface area is 173 Å². The number of carbonyl (C=O) groups is 1. The zero-order valence-electron chi connectivity index (χ0n) is 16.3. The number of halogens is 3. The molecule has 30 heavy (non-hydrogen) atoms. The molecule has 1 aliphatic rings. The van der Waals surface area contributed by atoms with Gasteiger partial charge in [-0.1, -0.05) is 0 Å². The molecule has 1 N–H and O–H groups in total. The van der Waals surface area contributed by atoms with Crippen LogP contribution in [0.25, 0.3) is 0 Å². The molecule has 1 saturated heterocycles. The first-order valence-electron chi connectivity index (χ1n) is 9.44. The average molecular weight is 441 g/mol. The van der Waals surface area contributed by atoms with Crippen LogP contribution in [0.3, 0.4) is 0 Å². The van der Waals surface area contributed by atoms with Crippen molar-refractivity contribution in [3.05, 3.63) is 59.9 Å². The number of hydrogen-bond acceptors (Lipinski definition) is 4. The van der Waals surface area contributed by atoms with Gasteiger partial charge in [-0.25, -0.2) is 21.6 Å². The smallest absolute Gasteiger partial charge is 0.243 e. The van der Waals surface area contributed by atoms with Gasteiger partial charge < -0.3 is 5.32 Å². The van der Waals surface area contributed by atoms with Gasteiger partial charge in [0, 0.05) is 32.2 Å². The summed E-state index contributed by atoms with van der Waals surface area (Å²) in [6, 6.07) is 6.73. The summed E-state index contributed by atoms with van der Waals surface area (Å²) in [5.74, 6) is -2.46. The number of nitrogens with zero attached hydrogens (tertiary/aromatic N) is 2. The summed E-state index contributed by atoms with van der Waals surface area (Å²) in [6.07, 6.45) is 0.479. The Balaban J connectivity index is 1.66. The summed E-state index contributed by atoms with van der Waals surface area (Å²) in [5, 5.41) is 2.38. The van der Waals surface area contributed by atoms with Crippen LogP contribution in [0, 0.1) is 17.5 Å². The van der Waals surface area contributed by atoms with Gasteiger partial charge in [0.2, 0.25) is 15.9 Å². The standard InChI is InChI=1S/C20H22F3N3O3S/c1-14(20(27)24-19-13-16(22)5-8-18(19)23)25-9-2-10-26(12-11-25)30(28,29)17-6-3-15(21)4-7-17/h3-8,13-14H,2,9-12H2,1H3,(H,24,27). The zero-order chi connectivity index (χ0) is 21.9. The lowest BCUT2D eigenvalue weighted by molar-refractivity contribution is -0.120. The minimum Gasteiger partial charge on any atom is -0.322 e. The highest BCUT2D eigenvalue weighted by atomic mass is 32.2. The fourth-order valence-corrected chi connectivity index (χ4v) is 4.76. The molecule has 1 fully saturated rings. The summed E-state index contributed by atoms with van der Waals surface area (Å²) in [4.78, 5) is 14.3. The Morgan fingerprint density at radius 2 is 1.63 bits per heavy atom. The molecule has 0 aromatic heterocycles. The van der Waals surface area contributed by atoms with Gasteiger partial charge >= 0.3 is 0 Å².